The number of halogens is 1. The molecule has 0 aliphatic heterocycles. The molecule has 1 radical (unpaired) electrons. The summed E-state index contributed by atoms with van der Waals surface area (Å²) in [6.45, 7) is 4.08. The third-order valence-electron chi connectivity index (χ3n) is 2.39. The van der Waals surface area contributed by atoms with Crippen LogP contribution in [0.5, 0.6) is 0 Å². The lowest BCUT2D eigenvalue weighted by Crippen LogP contribution is -2.06. The number of nitrogens with one attached hydrogen (secondary N) is 1. The van der Waals surface area contributed by atoms with Gasteiger partial charge in [-0.05, 0) is 36.8 Å². The van der Waals surface area contributed by atoms with Gasteiger partial charge >= 0.3 is 0 Å². The van der Waals surface area contributed by atoms with Gasteiger partial charge in [-0.3, -0.25) is 0 Å². The largest absolute Gasteiger partial charge is 0.378 e. The van der Waals surface area contributed by atoms with Gasteiger partial charge in [0.25, 0.3) is 0 Å². The van der Waals surface area contributed by atoms with Crippen LogP contribution in [0.2, 0.25) is 5.02 Å². The smallest absolute Gasteiger partial charge is 0.0514 e. The molecule has 0 heterocycles. The Balaban J connectivity index is 2.08. The van der Waals surface area contributed by atoms with Crippen molar-refractivity contribution in [3.63, 3.8) is 0 Å². The Morgan fingerprint density at radius 1 is 0.938 bits per heavy atom. The van der Waals surface area contributed by atoms with Crippen molar-refractivity contribution in [2.24, 2.45) is 0 Å². The number of hydrogen-bond donors (Lipinski definition) is 1. The fraction of sp³-hybridized carbons (Fsp3) is 0.0714. The molecule has 0 aliphatic carbocycles. The third-order valence-corrected chi connectivity index (χ3v) is 2.64. The number of rotatable bonds is 3. The maximum atomic E-state index is 5.82. The summed E-state index contributed by atoms with van der Waals surface area (Å²) in [4.78, 5) is 0. The molecule has 81 valence electrons. The fourth-order valence-corrected chi connectivity index (χ4v) is 1.64. The topological polar surface area (TPSA) is 12.0 Å². The molecule has 0 saturated heterocycles. The van der Waals surface area contributed by atoms with Crippen LogP contribution in [0, 0.1) is 6.92 Å². The highest BCUT2D eigenvalue weighted by Crippen LogP contribution is 2.20. The highest BCUT2D eigenvalue weighted by molar-refractivity contribution is 6.30. The van der Waals surface area contributed by atoms with Crippen molar-refractivity contribution in [3.05, 3.63) is 72.1 Å². The molecule has 0 spiro atoms. The second-order valence-corrected chi connectivity index (χ2v) is 4.05. The van der Waals surface area contributed by atoms with Crippen molar-refractivity contribution >= 4 is 17.3 Å². The first-order valence-electron chi connectivity index (χ1n) is 5.16. The molecule has 0 fully saturated rings. The SMILES string of the molecule is [CH2]C(Nc1ccc(Cl)cc1)c1ccccc1. The van der Waals surface area contributed by atoms with Crippen molar-refractivity contribution in [1.82, 2.24) is 0 Å². The summed E-state index contributed by atoms with van der Waals surface area (Å²) in [5, 5.41) is 4.06. The molecular formula is C14H13ClN. The highest BCUT2D eigenvalue weighted by atomic mass is 35.5. The molecular weight excluding hydrogens is 218 g/mol. The molecule has 2 rings (SSSR count). The molecule has 1 N–H and O–H groups in total. The van der Waals surface area contributed by atoms with Gasteiger partial charge in [0.05, 0.1) is 6.04 Å². The van der Waals surface area contributed by atoms with E-state index in [0.717, 1.165) is 16.3 Å². The summed E-state index contributed by atoms with van der Waals surface area (Å²) < 4.78 is 0. The summed E-state index contributed by atoms with van der Waals surface area (Å²) in [5.74, 6) is 0. The molecule has 2 heteroatoms. The summed E-state index contributed by atoms with van der Waals surface area (Å²) >= 11 is 5.82. The summed E-state index contributed by atoms with van der Waals surface area (Å²) in [5.41, 5.74) is 2.19. The van der Waals surface area contributed by atoms with Gasteiger partial charge in [0, 0.05) is 10.7 Å². The van der Waals surface area contributed by atoms with Crippen molar-refractivity contribution in [1.29, 1.82) is 0 Å². The van der Waals surface area contributed by atoms with E-state index in [1.165, 1.54) is 0 Å². The second kappa shape index (κ2) is 5.04. The van der Waals surface area contributed by atoms with E-state index >= 15 is 0 Å². The van der Waals surface area contributed by atoms with E-state index in [2.05, 4.69) is 24.4 Å². The zero-order valence-corrected chi connectivity index (χ0v) is 9.61. The molecule has 1 atom stereocenters. The minimum absolute atomic E-state index is 0.0439. The highest BCUT2D eigenvalue weighted by Gasteiger charge is 2.03. The predicted molar refractivity (Wildman–Crippen MR) is 69.6 cm³/mol. The van der Waals surface area contributed by atoms with Crippen LogP contribution < -0.4 is 5.32 Å². The number of benzene rings is 2. The summed E-state index contributed by atoms with van der Waals surface area (Å²) in [6.07, 6.45) is 0. The van der Waals surface area contributed by atoms with Gasteiger partial charge < -0.3 is 5.32 Å². The van der Waals surface area contributed by atoms with Crippen molar-refractivity contribution < 1.29 is 0 Å². The van der Waals surface area contributed by atoms with Gasteiger partial charge in [0.1, 0.15) is 0 Å². The van der Waals surface area contributed by atoms with Crippen LogP contribution in [0.1, 0.15) is 11.6 Å². The van der Waals surface area contributed by atoms with Crippen LogP contribution in [0.15, 0.2) is 54.6 Å². The third kappa shape index (κ3) is 2.77. The summed E-state index contributed by atoms with van der Waals surface area (Å²) in [7, 11) is 0. The lowest BCUT2D eigenvalue weighted by atomic mass is 10.1. The molecule has 0 aliphatic rings. The maximum absolute atomic E-state index is 5.82. The van der Waals surface area contributed by atoms with E-state index in [0.29, 0.717) is 0 Å². The quantitative estimate of drug-likeness (QED) is 0.828. The molecule has 0 aromatic heterocycles. The van der Waals surface area contributed by atoms with Crippen LogP contribution in [0.25, 0.3) is 0 Å². The van der Waals surface area contributed by atoms with Crippen LogP contribution in [0.4, 0.5) is 5.69 Å². The van der Waals surface area contributed by atoms with Crippen LogP contribution in [-0.4, -0.2) is 0 Å². The standard InChI is InChI=1S/C14H13ClN/c1-11(12-5-3-2-4-6-12)16-14-9-7-13(15)8-10-14/h2-11,16H,1H2. The number of anilines is 1. The normalized spacial score (nSPS) is 12.1. The van der Waals surface area contributed by atoms with Crippen LogP contribution in [0.3, 0.4) is 0 Å². The Kier molecular flexibility index (Phi) is 3.47. The molecule has 2 aromatic carbocycles. The minimum Gasteiger partial charge on any atom is -0.378 e. The van der Waals surface area contributed by atoms with Gasteiger partial charge in [-0.2, -0.15) is 0 Å². The molecule has 2 aromatic rings. The second-order valence-electron chi connectivity index (χ2n) is 3.61. The van der Waals surface area contributed by atoms with E-state index in [1.54, 1.807) is 0 Å². The first kappa shape index (κ1) is 11.0. The van der Waals surface area contributed by atoms with Crippen molar-refractivity contribution in [2.75, 3.05) is 5.32 Å². The van der Waals surface area contributed by atoms with E-state index < -0.39 is 0 Å². The van der Waals surface area contributed by atoms with E-state index in [9.17, 15) is 0 Å². The van der Waals surface area contributed by atoms with E-state index in [1.807, 2.05) is 42.5 Å². The zero-order valence-electron chi connectivity index (χ0n) is 8.86. The first-order valence-corrected chi connectivity index (χ1v) is 5.53. The molecule has 0 amide bonds. The Bertz CT molecular complexity index is 436. The van der Waals surface area contributed by atoms with E-state index in [4.69, 9.17) is 11.6 Å². The van der Waals surface area contributed by atoms with Crippen molar-refractivity contribution in [2.45, 2.75) is 6.04 Å². The van der Waals surface area contributed by atoms with E-state index in [-0.39, 0.29) is 6.04 Å². The lowest BCUT2D eigenvalue weighted by molar-refractivity contribution is 0.982. The van der Waals surface area contributed by atoms with Gasteiger partial charge in [0.15, 0.2) is 0 Å². The Morgan fingerprint density at radius 3 is 2.19 bits per heavy atom. The molecule has 1 nitrogen and oxygen atoms in total. The zero-order chi connectivity index (χ0) is 11.4. The van der Waals surface area contributed by atoms with Crippen LogP contribution in [-0.2, 0) is 0 Å². The molecule has 0 bridgehead atoms. The monoisotopic (exact) mass is 230 g/mol. The average molecular weight is 231 g/mol. The van der Waals surface area contributed by atoms with Gasteiger partial charge in [-0.1, -0.05) is 41.9 Å². The molecule has 0 saturated carbocycles. The van der Waals surface area contributed by atoms with Crippen LogP contribution >= 0.6 is 11.6 Å². The predicted octanol–water partition coefficient (Wildman–Crippen LogP) is 4.33. The molecule has 1 unspecified atom stereocenters. The summed E-state index contributed by atoms with van der Waals surface area (Å²) in [6, 6.07) is 17.8. The Labute approximate surface area is 101 Å². The van der Waals surface area contributed by atoms with Gasteiger partial charge in [-0.15, -0.1) is 0 Å². The molecule has 16 heavy (non-hydrogen) atoms. The lowest BCUT2D eigenvalue weighted by Gasteiger charge is -2.15. The number of hydrogen-bond acceptors (Lipinski definition) is 1. The van der Waals surface area contributed by atoms with Gasteiger partial charge in [0.2, 0.25) is 0 Å². The Morgan fingerprint density at radius 2 is 1.56 bits per heavy atom. The average Bonchev–Trinajstić information content (AvgIpc) is 2.33. The van der Waals surface area contributed by atoms with Gasteiger partial charge in [-0.25, -0.2) is 0 Å². The first-order chi connectivity index (χ1) is 7.75. The Hall–Kier alpha value is -1.47. The minimum atomic E-state index is 0.0439. The van der Waals surface area contributed by atoms with Crippen molar-refractivity contribution in [3.8, 4) is 0 Å². The maximum Gasteiger partial charge on any atom is 0.0514 e. The fourth-order valence-electron chi connectivity index (χ4n) is 1.52.